The number of aliphatic hydroxyl groups excluding tert-OH is 1. The van der Waals surface area contributed by atoms with Crippen LogP contribution in [0, 0.1) is 5.82 Å². The number of ether oxygens (including phenoxy) is 1. The van der Waals surface area contributed by atoms with E-state index in [1.165, 1.54) is 30.2 Å². The largest absolute Gasteiger partial charge is 0.507 e. The van der Waals surface area contributed by atoms with Crippen LogP contribution < -0.4 is 4.74 Å². The summed E-state index contributed by atoms with van der Waals surface area (Å²) >= 11 is 0. The first-order chi connectivity index (χ1) is 13.5. The monoisotopic (exact) mass is 383 g/mol. The third kappa shape index (κ3) is 3.63. The fourth-order valence-corrected chi connectivity index (χ4v) is 3.37. The summed E-state index contributed by atoms with van der Waals surface area (Å²) in [7, 11) is 1.53. The van der Waals surface area contributed by atoms with Gasteiger partial charge in [0.1, 0.15) is 17.3 Å². The van der Waals surface area contributed by atoms with Gasteiger partial charge in [-0.05, 0) is 48.4 Å². The van der Waals surface area contributed by atoms with Gasteiger partial charge < -0.3 is 14.7 Å². The summed E-state index contributed by atoms with van der Waals surface area (Å²) in [6.45, 7) is 2.33. The van der Waals surface area contributed by atoms with Gasteiger partial charge in [-0.25, -0.2) is 4.39 Å². The van der Waals surface area contributed by atoms with Crippen LogP contribution in [0.4, 0.5) is 4.39 Å². The van der Waals surface area contributed by atoms with Gasteiger partial charge in [0.15, 0.2) is 0 Å². The second-order valence-corrected chi connectivity index (χ2v) is 6.63. The van der Waals surface area contributed by atoms with E-state index in [2.05, 4.69) is 0 Å². The molecule has 0 spiro atoms. The summed E-state index contributed by atoms with van der Waals surface area (Å²) in [4.78, 5) is 26.8. The van der Waals surface area contributed by atoms with Crippen LogP contribution in [0.3, 0.4) is 0 Å². The summed E-state index contributed by atoms with van der Waals surface area (Å²) in [6.07, 6.45) is 1.53. The molecule has 0 aromatic heterocycles. The van der Waals surface area contributed by atoms with Crippen molar-refractivity contribution in [1.29, 1.82) is 0 Å². The van der Waals surface area contributed by atoms with Crippen molar-refractivity contribution in [2.24, 2.45) is 0 Å². The number of amides is 1. The highest BCUT2D eigenvalue weighted by molar-refractivity contribution is 6.46. The van der Waals surface area contributed by atoms with E-state index in [1.807, 2.05) is 6.92 Å². The molecule has 1 N–H and O–H groups in total. The number of carbonyl (C=O) groups excluding carboxylic acids is 2. The van der Waals surface area contributed by atoms with E-state index < -0.39 is 23.5 Å². The highest BCUT2D eigenvalue weighted by Crippen LogP contribution is 2.39. The SMILES string of the molecule is CCCCN1C(=O)C(=O)/C(=C(/O)c2ccc(OC)cc2)C1c1cccc(F)c1. The molecule has 6 heteroatoms. The summed E-state index contributed by atoms with van der Waals surface area (Å²) in [5.41, 5.74) is 0.804. The van der Waals surface area contributed by atoms with Crippen molar-refractivity contribution in [1.82, 2.24) is 4.90 Å². The Kier molecular flexibility index (Phi) is 5.78. The lowest BCUT2D eigenvalue weighted by atomic mass is 9.95. The van der Waals surface area contributed by atoms with E-state index in [0.717, 1.165) is 6.42 Å². The minimum Gasteiger partial charge on any atom is -0.507 e. The first-order valence-corrected chi connectivity index (χ1v) is 9.16. The molecule has 1 atom stereocenters. The maximum absolute atomic E-state index is 13.8. The van der Waals surface area contributed by atoms with Crippen LogP contribution >= 0.6 is 0 Å². The molecule has 2 aromatic rings. The number of aliphatic hydroxyl groups is 1. The highest BCUT2D eigenvalue weighted by Gasteiger charge is 2.45. The zero-order chi connectivity index (χ0) is 20.3. The Morgan fingerprint density at radius 1 is 1.18 bits per heavy atom. The fourth-order valence-electron chi connectivity index (χ4n) is 3.37. The molecule has 28 heavy (non-hydrogen) atoms. The van der Waals surface area contributed by atoms with Gasteiger partial charge >= 0.3 is 0 Å². The van der Waals surface area contributed by atoms with Crippen LogP contribution in [0.15, 0.2) is 54.1 Å². The lowest BCUT2D eigenvalue weighted by molar-refractivity contribution is -0.139. The van der Waals surface area contributed by atoms with Crippen LogP contribution in [-0.4, -0.2) is 35.4 Å². The lowest BCUT2D eigenvalue weighted by Gasteiger charge is -2.25. The average molecular weight is 383 g/mol. The van der Waals surface area contributed by atoms with Crippen LogP contribution in [0.25, 0.3) is 5.76 Å². The molecular weight excluding hydrogens is 361 g/mol. The number of ketones is 1. The van der Waals surface area contributed by atoms with Gasteiger partial charge in [-0.2, -0.15) is 0 Å². The van der Waals surface area contributed by atoms with Crippen LogP contribution in [0.1, 0.15) is 36.9 Å². The van der Waals surface area contributed by atoms with Gasteiger partial charge in [0.05, 0.1) is 18.7 Å². The molecule has 1 unspecified atom stereocenters. The lowest BCUT2D eigenvalue weighted by Crippen LogP contribution is -2.30. The standard InChI is InChI=1S/C22H22FNO4/c1-3-4-12-24-19(15-6-5-7-16(23)13-15)18(21(26)22(24)27)20(25)14-8-10-17(28-2)11-9-14/h5-11,13,19,25H,3-4,12H2,1-2H3/b20-18+. The van der Waals surface area contributed by atoms with Gasteiger partial charge in [0.2, 0.25) is 0 Å². The molecule has 1 amide bonds. The summed E-state index contributed by atoms with van der Waals surface area (Å²) in [5.74, 6) is -1.60. The van der Waals surface area contributed by atoms with E-state index in [4.69, 9.17) is 4.74 Å². The number of nitrogens with zero attached hydrogens (tertiary/aromatic N) is 1. The Balaban J connectivity index is 2.14. The number of likely N-dealkylation sites (tertiary alicyclic amines) is 1. The summed E-state index contributed by atoms with van der Waals surface area (Å²) in [6, 6.07) is 11.5. The molecule has 5 nitrogen and oxygen atoms in total. The van der Waals surface area contributed by atoms with Gasteiger partial charge in [-0.3, -0.25) is 9.59 Å². The Morgan fingerprint density at radius 2 is 1.89 bits per heavy atom. The van der Waals surface area contributed by atoms with Crippen molar-refractivity contribution in [2.45, 2.75) is 25.8 Å². The predicted molar refractivity (Wildman–Crippen MR) is 103 cm³/mol. The van der Waals surface area contributed by atoms with Crippen LogP contribution in [0.2, 0.25) is 0 Å². The fraction of sp³-hybridized carbons (Fsp3) is 0.273. The number of rotatable bonds is 6. The van der Waals surface area contributed by atoms with Crippen LogP contribution in [-0.2, 0) is 9.59 Å². The zero-order valence-electron chi connectivity index (χ0n) is 15.8. The highest BCUT2D eigenvalue weighted by atomic mass is 19.1. The molecule has 2 aromatic carbocycles. The Hall–Kier alpha value is -3.15. The molecular formula is C22H22FNO4. The summed E-state index contributed by atoms with van der Waals surface area (Å²) < 4.78 is 19.0. The zero-order valence-corrected chi connectivity index (χ0v) is 15.8. The first kappa shape index (κ1) is 19.6. The first-order valence-electron chi connectivity index (χ1n) is 9.16. The van der Waals surface area contributed by atoms with E-state index in [0.29, 0.717) is 29.8 Å². The third-order valence-electron chi connectivity index (χ3n) is 4.82. The second-order valence-electron chi connectivity index (χ2n) is 6.63. The Bertz CT molecular complexity index is 920. The molecule has 3 rings (SSSR count). The van der Waals surface area contributed by atoms with E-state index in [9.17, 15) is 19.1 Å². The molecule has 1 saturated heterocycles. The minimum atomic E-state index is -0.829. The van der Waals surface area contributed by atoms with Crippen molar-refractivity contribution in [3.05, 3.63) is 71.0 Å². The maximum atomic E-state index is 13.8. The molecule has 0 bridgehead atoms. The number of unbranched alkanes of at least 4 members (excludes halogenated alkanes) is 1. The average Bonchev–Trinajstić information content (AvgIpc) is 2.96. The van der Waals surface area contributed by atoms with Crippen LogP contribution in [0.5, 0.6) is 5.75 Å². The number of halogens is 1. The van der Waals surface area contributed by atoms with Gasteiger partial charge in [0.25, 0.3) is 11.7 Å². The number of carbonyl (C=O) groups is 2. The van der Waals surface area contributed by atoms with Crippen molar-refractivity contribution in [2.75, 3.05) is 13.7 Å². The summed E-state index contributed by atoms with van der Waals surface area (Å²) in [5, 5.41) is 10.9. The molecule has 1 heterocycles. The van der Waals surface area contributed by atoms with Gasteiger partial charge in [0, 0.05) is 12.1 Å². The number of hydrogen-bond acceptors (Lipinski definition) is 4. The maximum Gasteiger partial charge on any atom is 0.295 e. The Labute approximate surface area is 163 Å². The van der Waals surface area contributed by atoms with Crippen molar-refractivity contribution in [3.63, 3.8) is 0 Å². The minimum absolute atomic E-state index is 0.0307. The van der Waals surface area contributed by atoms with Gasteiger partial charge in [-0.15, -0.1) is 0 Å². The van der Waals surface area contributed by atoms with E-state index in [1.54, 1.807) is 30.3 Å². The molecule has 0 radical (unpaired) electrons. The topological polar surface area (TPSA) is 66.8 Å². The predicted octanol–water partition coefficient (Wildman–Crippen LogP) is 4.06. The number of Topliss-reactive ketones (excluding diaryl/α,β-unsaturated/α-hetero) is 1. The molecule has 0 saturated carbocycles. The number of hydrogen-bond donors (Lipinski definition) is 1. The van der Waals surface area contributed by atoms with E-state index in [-0.39, 0.29) is 11.3 Å². The molecule has 1 aliphatic heterocycles. The van der Waals surface area contributed by atoms with Crippen molar-refractivity contribution < 1.29 is 23.8 Å². The van der Waals surface area contributed by atoms with Gasteiger partial charge in [-0.1, -0.05) is 25.5 Å². The van der Waals surface area contributed by atoms with E-state index >= 15 is 0 Å². The smallest absolute Gasteiger partial charge is 0.295 e. The third-order valence-corrected chi connectivity index (χ3v) is 4.82. The molecule has 1 aliphatic rings. The number of methoxy groups -OCH3 is 1. The quantitative estimate of drug-likeness (QED) is 0.464. The molecule has 1 fully saturated rings. The van der Waals surface area contributed by atoms with Crippen molar-refractivity contribution in [3.8, 4) is 5.75 Å². The number of benzene rings is 2. The molecule has 146 valence electrons. The molecule has 0 aliphatic carbocycles. The normalized spacial score (nSPS) is 18.5. The van der Waals surface area contributed by atoms with Crippen molar-refractivity contribution >= 4 is 17.4 Å². The Morgan fingerprint density at radius 3 is 2.50 bits per heavy atom. The second kappa shape index (κ2) is 8.25.